The molecule has 0 N–H and O–H groups in total. The van der Waals surface area contributed by atoms with Crippen molar-refractivity contribution in [2.75, 3.05) is 0 Å². The van der Waals surface area contributed by atoms with Gasteiger partial charge in [0.2, 0.25) is 5.89 Å². The number of hydrogen-bond donors (Lipinski definition) is 0. The number of thioether (sulfide) groups is 1. The fourth-order valence-corrected chi connectivity index (χ4v) is 3.08. The van der Waals surface area contributed by atoms with Crippen LogP contribution >= 0.6 is 11.8 Å². The van der Waals surface area contributed by atoms with E-state index in [2.05, 4.69) is 10.2 Å². The summed E-state index contributed by atoms with van der Waals surface area (Å²) in [5, 5.41) is 7.78. The van der Waals surface area contributed by atoms with Gasteiger partial charge < -0.3 is 4.42 Å². The summed E-state index contributed by atoms with van der Waals surface area (Å²) < 4.78 is 5.41. The molecule has 0 radical (unpaired) electrons. The molecule has 0 fully saturated rings. The van der Waals surface area contributed by atoms with Crippen molar-refractivity contribution >= 4 is 17.5 Å². The van der Waals surface area contributed by atoms with Crippen LogP contribution < -0.4 is 0 Å². The summed E-state index contributed by atoms with van der Waals surface area (Å²) in [5.74, 6) is 0.508. The van der Waals surface area contributed by atoms with Crippen LogP contribution in [0.1, 0.15) is 27.1 Å². The van der Waals surface area contributed by atoms with Crippen molar-refractivity contribution in [3.8, 4) is 0 Å². The van der Waals surface area contributed by atoms with E-state index in [0.717, 1.165) is 5.56 Å². The highest BCUT2D eigenvalue weighted by Crippen LogP contribution is 2.36. The first-order chi connectivity index (χ1) is 10.7. The molecular formula is C17H14N2O2S. The highest BCUT2D eigenvalue weighted by Gasteiger charge is 2.25. The lowest BCUT2D eigenvalue weighted by Crippen LogP contribution is -2.10. The first kappa shape index (κ1) is 14.5. The zero-order valence-corrected chi connectivity index (χ0v) is 12.8. The Balaban J connectivity index is 1.94. The van der Waals surface area contributed by atoms with Crippen molar-refractivity contribution in [3.63, 3.8) is 0 Å². The molecule has 0 saturated heterocycles. The second kappa shape index (κ2) is 6.58. The van der Waals surface area contributed by atoms with E-state index in [9.17, 15) is 4.79 Å². The van der Waals surface area contributed by atoms with Crippen LogP contribution in [0.15, 0.2) is 70.3 Å². The van der Waals surface area contributed by atoms with Gasteiger partial charge in [-0.05, 0) is 17.3 Å². The van der Waals surface area contributed by atoms with E-state index < -0.39 is 5.25 Å². The Labute approximate surface area is 132 Å². The number of ketones is 1. The average molecular weight is 310 g/mol. The number of hydrogen-bond acceptors (Lipinski definition) is 5. The highest BCUT2D eigenvalue weighted by molar-refractivity contribution is 8.00. The molecule has 1 heterocycles. The summed E-state index contributed by atoms with van der Waals surface area (Å²) in [5.41, 5.74) is 1.58. The van der Waals surface area contributed by atoms with E-state index >= 15 is 0 Å². The predicted molar refractivity (Wildman–Crippen MR) is 84.8 cm³/mol. The fourth-order valence-electron chi connectivity index (χ4n) is 2.08. The Bertz CT molecular complexity index is 757. The van der Waals surface area contributed by atoms with Crippen LogP contribution in [0.3, 0.4) is 0 Å². The Morgan fingerprint density at radius 1 is 1.00 bits per heavy atom. The van der Waals surface area contributed by atoms with E-state index in [1.807, 2.05) is 60.7 Å². The molecule has 0 aliphatic carbocycles. The zero-order chi connectivity index (χ0) is 15.4. The molecule has 1 aromatic heterocycles. The number of aromatic nitrogens is 2. The summed E-state index contributed by atoms with van der Waals surface area (Å²) in [4.78, 5) is 12.8. The van der Waals surface area contributed by atoms with Crippen molar-refractivity contribution in [1.29, 1.82) is 0 Å². The first-order valence-corrected chi connectivity index (χ1v) is 7.73. The number of aryl methyl sites for hydroxylation is 1. The molecule has 0 spiro atoms. The quantitative estimate of drug-likeness (QED) is 0.524. The third-order valence-electron chi connectivity index (χ3n) is 3.12. The average Bonchev–Trinajstić information content (AvgIpc) is 2.99. The second-order valence-electron chi connectivity index (χ2n) is 4.73. The maximum atomic E-state index is 12.8. The van der Waals surface area contributed by atoms with Crippen LogP contribution in [0.2, 0.25) is 0 Å². The molecule has 0 amide bonds. The minimum absolute atomic E-state index is 0.0210. The third-order valence-corrected chi connectivity index (χ3v) is 4.21. The molecule has 0 bridgehead atoms. The number of carbonyl (C=O) groups is 1. The summed E-state index contributed by atoms with van der Waals surface area (Å²) in [6, 6.07) is 18.9. The molecule has 22 heavy (non-hydrogen) atoms. The first-order valence-electron chi connectivity index (χ1n) is 6.85. The monoisotopic (exact) mass is 310 g/mol. The van der Waals surface area contributed by atoms with Crippen molar-refractivity contribution in [3.05, 3.63) is 77.7 Å². The second-order valence-corrected chi connectivity index (χ2v) is 5.78. The number of Topliss-reactive ketones (excluding diaryl/α,β-unsaturated/α-hetero) is 1. The minimum Gasteiger partial charge on any atom is -0.416 e. The molecule has 3 aromatic rings. The van der Waals surface area contributed by atoms with Gasteiger partial charge in [-0.1, -0.05) is 60.7 Å². The number of nitrogens with zero attached hydrogens (tertiary/aromatic N) is 2. The Morgan fingerprint density at radius 3 is 2.23 bits per heavy atom. The molecule has 2 aromatic carbocycles. The van der Waals surface area contributed by atoms with Gasteiger partial charge in [-0.15, -0.1) is 10.2 Å². The van der Waals surface area contributed by atoms with E-state index in [4.69, 9.17) is 4.42 Å². The summed E-state index contributed by atoms with van der Waals surface area (Å²) >= 11 is 1.28. The zero-order valence-electron chi connectivity index (χ0n) is 12.0. The molecule has 0 aliphatic heterocycles. The molecule has 4 nitrogen and oxygen atoms in total. The lowest BCUT2D eigenvalue weighted by molar-refractivity contribution is 0.0989. The fraction of sp³-hybridized carbons (Fsp3) is 0.118. The van der Waals surface area contributed by atoms with Gasteiger partial charge in [-0.25, -0.2) is 0 Å². The Hall–Kier alpha value is -2.40. The molecule has 3 rings (SSSR count). The van der Waals surface area contributed by atoms with Crippen LogP contribution in [0.4, 0.5) is 0 Å². The number of carbonyl (C=O) groups excluding carboxylic acids is 1. The Kier molecular flexibility index (Phi) is 4.34. The van der Waals surface area contributed by atoms with Gasteiger partial charge in [0.05, 0.1) is 0 Å². The van der Waals surface area contributed by atoms with Gasteiger partial charge in [0.1, 0.15) is 5.25 Å². The number of benzene rings is 2. The van der Waals surface area contributed by atoms with Gasteiger partial charge in [-0.3, -0.25) is 4.79 Å². The number of rotatable bonds is 5. The van der Waals surface area contributed by atoms with E-state index in [1.165, 1.54) is 11.8 Å². The molecule has 1 atom stereocenters. The third kappa shape index (κ3) is 3.26. The lowest BCUT2D eigenvalue weighted by Gasteiger charge is -2.13. The summed E-state index contributed by atoms with van der Waals surface area (Å²) in [6.45, 7) is 1.73. The maximum Gasteiger partial charge on any atom is 0.277 e. The predicted octanol–water partition coefficient (Wildman–Crippen LogP) is 4.09. The molecule has 110 valence electrons. The van der Waals surface area contributed by atoms with Crippen molar-refractivity contribution in [1.82, 2.24) is 10.2 Å². The largest absolute Gasteiger partial charge is 0.416 e. The van der Waals surface area contributed by atoms with Gasteiger partial charge in [0, 0.05) is 12.5 Å². The van der Waals surface area contributed by atoms with Gasteiger partial charge >= 0.3 is 0 Å². The van der Waals surface area contributed by atoms with E-state index in [1.54, 1.807) is 6.92 Å². The van der Waals surface area contributed by atoms with Gasteiger partial charge in [0.25, 0.3) is 5.22 Å². The summed E-state index contributed by atoms with van der Waals surface area (Å²) in [6.07, 6.45) is 0. The normalized spacial score (nSPS) is 12.0. The smallest absolute Gasteiger partial charge is 0.277 e. The van der Waals surface area contributed by atoms with Crippen molar-refractivity contribution in [2.24, 2.45) is 0 Å². The molecular weight excluding hydrogens is 296 g/mol. The van der Waals surface area contributed by atoms with Crippen molar-refractivity contribution < 1.29 is 9.21 Å². The molecule has 0 saturated carbocycles. The van der Waals surface area contributed by atoms with Crippen LogP contribution in [-0.4, -0.2) is 16.0 Å². The Morgan fingerprint density at radius 2 is 1.64 bits per heavy atom. The van der Waals surface area contributed by atoms with E-state index in [-0.39, 0.29) is 5.78 Å². The standard InChI is InChI=1S/C17H14N2O2S/c1-12-18-19-17(21-12)22-16(14-10-6-3-7-11-14)15(20)13-8-4-2-5-9-13/h2-11,16H,1H3/t16-/m0/s1. The highest BCUT2D eigenvalue weighted by atomic mass is 32.2. The van der Waals surface area contributed by atoms with Crippen LogP contribution in [0.25, 0.3) is 0 Å². The molecule has 0 unspecified atom stereocenters. The maximum absolute atomic E-state index is 12.8. The topological polar surface area (TPSA) is 56.0 Å². The molecule has 5 heteroatoms. The summed E-state index contributed by atoms with van der Waals surface area (Å²) in [7, 11) is 0. The van der Waals surface area contributed by atoms with Gasteiger partial charge in [-0.2, -0.15) is 0 Å². The van der Waals surface area contributed by atoms with Crippen molar-refractivity contribution in [2.45, 2.75) is 17.4 Å². The lowest BCUT2D eigenvalue weighted by atomic mass is 10.0. The van der Waals surface area contributed by atoms with Crippen LogP contribution in [0, 0.1) is 6.92 Å². The van der Waals surface area contributed by atoms with E-state index in [0.29, 0.717) is 16.7 Å². The van der Waals surface area contributed by atoms with Gasteiger partial charge in [0.15, 0.2) is 5.78 Å². The SMILES string of the molecule is Cc1nnc(S[C@H](C(=O)c2ccccc2)c2ccccc2)o1. The van der Waals surface area contributed by atoms with Crippen LogP contribution in [0.5, 0.6) is 0 Å². The minimum atomic E-state index is -0.413. The molecule has 0 aliphatic rings. The van der Waals surface area contributed by atoms with Crippen LogP contribution in [-0.2, 0) is 0 Å².